The summed E-state index contributed by atoms with van der Waals surface area (Å²) >= 11 is 0. The van der Waals surface area contributed by atoms with Crippen LogP contribution in [0.25, 0.3) is 10.8 Å². The van der Waals surface area contributed by atoms with Gasteiger partial charge in [-0.05, 0) is 51.4 Å². The minimum atomic E-state index is -0.299. The van der Waals surface area contributed by atoms with E-state index in [1.807, 2.05) is 6.07 Å². The van der Waals surface area contributed by atoms with Crippen molar-refractivity contribution in [2.24, 2.45) is 5.92 Å². The molecule has 1 aliphatic heterocycles. The highest BCUT2D eigenvalue weighted by atomic mass is 16.6. The van der Waals surface area contributed by atoms with Crippen LogP contribution in [-0.4, -0.2) is 4.92 Å². The Hall–Kier alpha value is -3.66. The lowest BCUT2D eigenvalue weighted by Crippen LogP contribution is -2.30. The standard InChI is InChI=1S/C26H20N2O2/c29-28(30)18-12-13-24-22(15-18)25-20-10-4-2-7-17(20)14-23(25)26(27-24)21-11-5-8-16-6-1-3-9-19(16)21/h1-13,15,23,25-27H,14H2/t23-,25-,26-/m0/s1. The zero-order valence-electron chi connectivity index (χ0n) is 16.3. The second-order valence-corrected chi connectivity index (χ2v) is 8.26. The van der Waals surface area contributed by atoms with Gasteiger partial charge in [0.05, 0.1) is 11.0 Å². The molecule has 146 valence electrons. The van der Waals surface area contributed by atoms with E-state index in [1.54, 1.807) is 12.1 Å². The van der Waals surface area contributed by atoms with Crippen LogP contribution in [0.3, 0.4) is 0 Å². The average molecular weight is 392 g/mol. The molecule has 0 unspecified atom stereocenters. The second kappa shape index (κ2) is 6.42. The SMILES string of the molecule is O=[N+]([O-])c1ccc2c(c1)[C@@H]1c3ccccc3C[C@@H]1[C@H](c1cccc3ccccc13)N2. The molecule has 0 bridgehead atoms. The number of rotatable bonds is 2. The maximum Gasteiger partial charge on any atom is 0.269 e. The molecule has 6 rings (SSSR count). The van der Waals surface area contributed by atoms with Crippen LogP contribution in [0.2, 0.25) is 0 Å². The quantitative estimate of drug-likeness (QED) is 0.325. The third-order valence-corrected chi connectivity index (χ3v) is 6.75. The van der Waals surface area contributed by atoms with E-state index in [-0.39, 0.29) is 22.6 Å². The van der Waals surface area contributed by atoms with Gasteiger partial charge < -0.3 is 5.32 Å². The van der Waals surface area contributed by atoms with Crippen molar-refractivity contribution >= 4 is 22.1 Å². The van der Waals surface area contributed by atoms with E-state index in [4.69, 9.17) is 0 Å². The fourth-order valence-electron chi connectivity index (χ4n) is 5.49. The van der Waals surface area contributed by atoms with Gasteiger partial charge in [0, 0.05) is 23.7 Å². The molecule has 0 saturated carbocycles. The van der Waals surface area contributed by atoms with Gasteiger partial charge in [-0.2, -0.15) is 0 Å². The Morgan fingerprint density at radius 1 is 0.833 bits per heavy atom. The van der Waals surface area contributed by atoms with Crippen LogP contribution in [0.15, 0.2) is 84.9 Å². The summed E-state index contributed by atoms with van der Waals surface area (Å²) in [4.78, 5) is 11.1. The summed E-state index contributed by atoms with van der Waals surface area (Å²) < 4.78 is 0. The molecule has 0 spiro atoms. The zero-order valence-corrected chi connectivity index (χ0v) is 16.3. The van der Waals surface area contributed by atoms with Crippen LogP contribution in [-0.2, 0) is 6.42 Å². The summed E-state index contributed by atoms with van der Waals surface area (Å²) in [6.07, 6.45) is 0.962. The predicted molar refractivity (Wildman–Crippen MR) is 119 cm³/mol. The van der Waals surface area contributed by atoms with Gasteiger partial charge in [0.15, 0.2) is 0 Å². The van der Waals surface area contributed by atoms with E-state index in [1.165, 1.54) is 27.5 Å². The van der Waals surface area contributed by atoms with Gasteiger partial charge in [0.1, 0.15) is 0 Å². The fourth-order valence-corrected chi connectivity index (χ4v) is 5.49. The van der Waals surface area contributed by atoms with Crippen molar-refractivity contribution in [1.29, 1.82) is 0 Å². The number of hydrogen-bond donors (Lipinski definition) is 1. The van der Waals surface area contributed by atoms with Gasteiger partial charge in [-0.25, -0.2) is 0 Å². The van der Waals surface area contributed by atoms with Crippen LogP contribution in [0.5, 0.6) is 0 Å². The first-order chi connectivity index (χ1) is 14.7. The zero-order chi connectivity index (χ0) is 20.2. The van der Waals surface area contributed by atoms with Crippen LogP contribution in [0, 0.1) is 16.0 Å². The van der Waals surface area contributed by atoms with Crippen molar-refractivity contribution in [1.82, 2.24) is 0 Å². The molecule has 30 heavy (non-hydrogen) atoms. The highest BCUT2D eigenvalue weighted by Crippen LogP contribution is 2.54. The topological polar surface area (TPSA) is 55.2 Å². The molecule has 0 amide bonds. The van der Waals surface area contributed by atoms with Crippen LogP contribution in [0.4, 0.5) is 11.4 Å². The Bertz CT molecular complexity index is 1310. The first kappa shape index (κ1) is 17.2. The number of nitrogens with one attached hydrogen (secondary N) is 1. The van der Waals surface area contributed by atoms with E-state index in [0.717, 1.165) is 17.7 Å². The van der Waals surface area contributed by atoms with Gasteiger partial charge in [-0.15, -0.1) is 0 Å². The highest BCUT2D eigenvalue weighted by Gasteiger charge is 2.44. The number of nitrogens with zero attached hydrogens (tertiary/aromatic N) is 1. The Labute approximate surface area is 174 Å². The van der Waals surface area contributed by atoms with Gasteiger partial charge in [0.25, 0.3) is 5.69 Å². The molecule has 2 aliphatic rings. The smallest absolute Gasteiger partial charge is 0.269 e. The van der Waals surface area contributed by atoms with E-state index in [9.17, 15) is 10.1 Å². The number of fused-ring (bicyclic) bond motifs is 6. The number of nitro benzene ring substituents is 1. The molecule has 1 heterocycles. The Morgan fingerprint density at radius 2 is 1.60 bits per heavy atom. The maximum atomic E-state index is 11.4. The van der Waals surface area contributed by atoms with Crippen molar-refractivity contribution in [3.05, 3.63) is 117 Å². The molecule has 3 atom stereocenters. The molecular formula is C26H20N2O2. The van der Waals surface area contributed by atoms with Crippen molar-refractivity contribution in [3.8, 4) is 0 Å². The molecule has 4 aromatic carbocycles. The number of non-ortho nitro benzene ring substituents is 1. The molecule has 4 heteroatoms. The Balaban J connectivity index is 1.57. The van der Waals surface area contributed by atoms with Gasteiger partial charge in [0.2, 0.25) is 0 Å². The van der Waals surface area contributed by atoms with Crippen LogP contribution < -0.4 is 5.32 Å². The maximum absolute atomic E-state index is 11.4. The van der Waals surface area contributed by atoms with Crippen LogP contribution in [0.1, 0.15) is 34.2 Å². The summed E-state index contributed by atoms with van der Waals surface area (Å²) in [6.45, 7) is 0. The monoisotopic (exact) mass is 392 g/mol. The summed E-state index contributed by atoms with van der Waals surface area (Å²) in [5.41, 5.74) is 6.13. The van der Waals surface area contributed by atoms with Gasteiger partial charge in [-0.1, -0.05) is 66.7 Å². The fraction of sp³-hybridized carbons (Fsp3) is 0.154. The van der Waals surface area contributed by atoms with Crippen molar-refractivity contribution in [2.45, 2.75) is 18.4 Å². The summed E-state index contributed by atoms with van der Waals surface area (Å²) in [6, 6.07) is 28.9. The van der Waals surface area contributed by atoms with Crippen molar-refractivity contribution in [3.63, 3.8) is 0 Å². The molecule has 1 aliphatic carbocycles. The Morgan fingerprint density at radius 3 is 2.50 bits per heavy atom. The summed E-state index contributed by atoms with van der Waals surface area (Å²) in [5, 5.41) is 17.7. The molecule has 4 nitrogen and oxygen atoms in total. The third-order valence-electron chi connectivity index (χ3n) is 6.75. The minimum absolute atomic E-state index is 0.141. The molecule has 1 N–H and O–H groups in total. The first-order valence-electron chi connectivity index (χ1n) is 10.3. The molecule has 0 fully saturated rings. The van der Waals surface area contributed by atoms with Gasteiger partial charge in [-0.3, -0.25) is 10.1 Å². The number of anilines is 1. The molecule has 0 aromatic heterocycles. The lowest BCUT2D eigenvalue weighted by Gasteiger charge is -2.38. The lowest BCUT2D eigenvalue weighted by atomic mass is 9.75. The van der Waals surface area contributed by atoms with Crippen LogP contribution >= 0.6 is 0 Å². The minimum Gasteiger partial charge on any atom is -0.378 e. The number of hydrogen-bond acceptors (Lipinski definition) is 3. The highest BCUT2D eigenvalue weighted by molar-refractivity contribution is 5.87. The van der Waals surface area contributed by atoms with E-state index < -0.39 is 0 Å². The largest absolute Gasteiger partial charge is 0.378 e. The molecule has 0 saturated heterocycles. The third kappa shape index (κ3) is 2.47. The van der Waals surface area contributed by atoms with Crippen molar-refractivity contribution in [2.75, 3.05) is 5.32 Å². The molecule has 4 aromatic rings. The van der Waals surface area contributed by atoms with Gasteiger partial charge >= 0.3 is 0 Å². The van der Waals surface area contributed by atoms with Crippen molar-refractivity contribution < 1.29 is 4.92 Å². The Kier molecular flexibility index (Phi) is 3.69. The van der Waals surface area contributed by atoms with E-state index >= 15 is 0 Å². The first-order valence-corrected chi connectivity index (χ1v) is 10.3. The normalized spacial score (nSPS) is 21.4. The number of nitro groups is 1. The lowest BCUT2D eigenvalue weighted by molar-refractivity contribution is -0.384. The average Bonchev–Trinajstić information content (AvgIpc) is 3.18. The van der Waals surface area contributed by atoms with E-state index in [2.05, 4.69) is 72.0 Å². The predicted octanol–water partition coefficient (Wildman–Crippen LogP) is 6.22. The molecule has 0 radical (unpaired) electrons. The summed E-state index contributed by atoms with van der Waals surface area (Å²) in [5.74, 6) is 0.462. The molecular weight excluding hydrogens is 372 g/mol. The number of benzene rings is 4. The summed E-state index contributed by atoms with van der Waals surface area (Å²) in [7, 11) is 0. The van der Waals surface area contributed by atoms with E-state index in [0.29, 0.717) is 5.92 Å². The second-order valence-electron chi connectivity index (χ2n) is 8.26.